The molecule has 0 saturated carbocycles. The lowest BCUT2D eigenvalue weighted by atomic mass is 9.99. The zero-order chi connectivity index (χ0) is 20.3. The Labute approximate surface area is 166 Å². The molecule has 2 aromatic heterocycles. The molecule has 3 rings (SSSR count). The SMILES string of the molecule is CCn1ncc(CNC(=O)c2cncc(CC3CCN(S(C)(=O)=O)C3)c2)c1C. The number of aryl methyl sites for hydroxylation is 1. The monoisotopic (exact) mass is 405 g/mol. The number of aromatic nitrogens is 3. The van der Waals surface area contributed by atoms with Crippen LogP contribution in [0.3, 0.4) is 0 Å². The Morgan fingerprint density at radius 1 is 1.32 bits per heavy atom. The maximum Gasteiger partial charge on any atom is 0.253 e. The van der Waals surface area contributed by atoms with E-state index in [2.05, 4.69) is 15.4 Å². The van der Waals surface area contributed by atoms with Gasteiger partial charge in [0.25, 0.3) is 5.91 Å². The van der Waals surface area contributed by atoms with Crippen molar-refractivity contribution in [2.45, 2.75) is 39.8 Å². The second kappa shape index (κ2) is 8.40. The van der Waals surface area contributed by atoms with E-state index in [9.17, 15) is 13.2 Å². The third-order valence-electron chi connectivity index (χ3n) is 5.24. The number of amides is 1. The number of nitrogens with one attached hydrogen (secondary N) is 1. The summed E-state index contributed by atoms with van der Waals surface area (Å²) in [5.74, 6) is 0.0690. The van der Waals surface area contributed by atoms with E-state index in [1.54, 1.807) is 18.6 Å². The van der Waals surface area contributed by atoms with Crippen LogP contribution in [0.1, 0.15) is 40.5 Å². The van der Waals surface area contributed by atoms with E-state index in [0.29, 0.717) is 31.6 Å². The van der Waals surface area contributed by atoms with E-state index in [-0.39, 0.29) is 11.8 Å². The fraction of sp³-hybridized carbons (Fsp3) is 0.526. The van der Waals surface area contributed by atoms with Crippen LogP contribution in [-0.4, -0.2) is 52.7 Å². The van der Waals surface area contributed by atoms with Crippen molar-refractivity contribution in [3.63, 3.8) is 0 Å². The molecule has 0 bridgehead atoms. The van der Waals surface area contributed by atoms with Crippen molar-refractivity contribution < 1.29 is 13.2 Å². The third kappa shape index (κ3) is 4.77. The van der Waals surface area contributed by atoms with E-state index in [4.69, 9.17) is 0 Å². The first-order chi connectivity index (χ1) is 13.3. The topological polar surface area (TPSA) is 97.2 Å². The van der Waals surface area contributed by atoms with Crippen molar-refractivity contribution in [2.24, 2.45) is 5.92 Å². The Kier molecular flexibility index (Phi) is 6.14. The lowest BCUT2D eigenvalue weighted by molar-refractivity contribution is 0.0950. The van der Waals surface area contributed by atoms with E-state index >= 15 is 0 Å². The summed E-state index contributed by atoms with van der Waals surface area (Å²) < 4.78 is 26.7. The molecule has 1 N–H and O–H groups in total. The molecule has 0 spiro atoms. The summed E-state index contributed by atoms with van der Waals surface area (Å²) in [6, 6.07) is 1.84. The Hall–Kier alpha value is -2.26. The van der Waals surface area contributed by atoms with Crippen molar-refractivity contribution >= 4 is 15.9 Å². The molecule has 1 fully saturated rings. The minimum atomic E-state index is -3.14. The minimum Gasteiger partial charge on any atom is -0.348 e. The molecule has 3 heterocycles. The normalized spacial score (nSPS) is 17.8. The van der Waals surface area contributed by atoms with Crippen molar-refractivity contribution in [3.05, 3.63) is 47.0 Å². The van der Waals surface area contributed by atoms with Gasteiger partial charge in [-0.05, 0) is 44.2 Å². The largest absolute Gasteiger partial charge is 0.348 e. The van der Waals surface area contributed by atoms with Crippen LogP contribution in [0.4, 0.5) is 0 Å². The molecule has 1 unspecified atom stereocenters. The quantitative estimate of drug-likeness (QED) is 0.750. The van der Waals surface area contributed by atoms with Gasteiger partial charge in [0.15, 0.2) is 0 Å². The fourth-order valence-electron chi connectivity index (χ4n) is 3.58. The number of pyridine rings is 1. The first kappa shape index (κ1) is 20.5. The lowest BCUT2D eigenvalue weighted by Gasteiger charge is -2.13. The van der Waals surface area contributed by atoms with E-state index in [0.717, 1.165) is 29.8 Å². The highest BCUT2D eigenvalue weighted by Crippen LogP contribution is 2.22. The summed E-state index contributed by atoms with van der Waals surface area (Å²) in [6.07, 6.45) is 7.86. The molecule has 0 aliphatic carbocycles. The van der Waals surface area contributed by atoms with E-state index in [1.165, 1.54) is 10.6 Å². The predicted octanol–water partition coefficient (Wildman–Crippen LogP) is 1.36. The summed E-state index contributed by atoms with van der Waals surface area (Å²) in [6.45, 7) is 6.31. The molecule has 1 saturated heterocycles. The predicted molar refractivity (Wildman–Crippen MR) is 106 cm³/mol. The third-order valence-corrected chi connectivity index (χ3v) is 6.51. The molecule has 0 aromatic carbocycles. The fourth-order valence-corrected chi connectivity index (χ4v) is 4.50. The van der Waals surface area contributed by atoms with Gasteiger partial charge in [0, 0.05) is 49.8 Å². The average Bonchev–Trinajstić information content (AvgIpc) is 3.26. The Balaban J connectivity index is 1.59. The van der Waals surface area contributed by atoms with Gasteiger partial charge in [-0.3, -0.25) is 14.5 Å². The molecule has 1 aliphatic heterocycles. The number of carbonyl (C=O) groups excluding carboxylic acids is 1. The van der Waals surface area contributed by atoms with Crippen molar-refractivity contribution in [3.8, 4) is 0 Å². The van der Waals surface area contributed by atoms with Gasteiger partial charge in [0.1, 0.15) is 0 Å². The first-order valence-corrected chi connectivity index (χ1v) is 11.3. The summed E-state index contributed by atoms with van der Waals surface area (Å²) >= 11 is 0. The van der Waals surface area contributed by atoms with Crippen molar-refractivity contribution in [1.29, 1.82) is 0 Å². The second-order valence-corrected chi connectivity index (χ2v) is 9.30. The number of sulfonamides is 1. The van der Waals surface area contributed by atoms with Gasteiger partial charge in [-0.15, -0.1) is 0 Å². The highest BCUT2D eigenvalue weighted by molar-refractivity contribution is 7.88. The first-order valence-electron chi connectivity index (χ1n) is 9.46. The molecule has 1 amide bonds. The summed E-state index contributed by atoms with van der Waals surface area (Å²) in [5.41, 5.74) is 3.50. The smallest absolute Gasteiger partial charge is 0.253 e. The van der Waals surface area contributed by atoms with Crippen molar-refractivity contribution in [1.82, 2.24) is 24.4 Å². The van der Waals surface area contributed by atoms with Crippen LogP contribution in [-0.2, 0) is 29.5 Å². The van der Waals surface area contributed by atoms with Gasteiger partial charge in [0.2, 0.25) is 10.0 Å². The molecule has 8 nitrogen and oxygen atoms in total. The van der Waals surface area contributed by atoms with Gasteiger partial charge in [-0.25, -0.2) is 12.7 Å². The van der Waals surface area contributed by atoms with Crippen LogP contribution in [0.15, 0.2) is 24.7 Å². The second-order valence-electron chi connectivity index (χ2n) is 7.32. The maximum absolute atomic E-state index is 12.5. The molecule has 1 aliphatic rings. The van der Waals surface area contributed by atoms with Gasteiger partial charge in [0.05, 0.1) is 18.0 Å². The molecule has 1 atom stereocenters. The van der Waals surface area contributed by atoms with Gasteiger partial charge >= 0.3 is 0 Å². The summed E-state index contributed by atoms with van der Waals surface area (Å²) in [7, 11) is -3.14. The molecular formula is C19H27N5O3S. The highest BCUT2D eigenvalue weighted by Gasteiger charge is 2.28. The number of hydrogen-bond acceptors (Lipinski definition) is 5. The highest BCUT2D eigenvalue weighted by atomic mass is 32.2. The van der Waals surface area contributed by atoms with E-state index < -0.39 is 10.0 Å². The van der Waals surface area contributed by atoms with Crippen LogP contribution >= 0.6 is 0 Å². The Morgan fingerprint density at radius 2 is 2.11 bits per heavy atom. The number of hydrogen-bond donors (Lipinski definition) is 1. The van der Waals surface area contributed by atoms with Gasteiger partial charge in [-0.1, -0.05) is 0 Å². The number of carbonyl (C=O) groups is 1. The van der Waals surface area contributed by atoms with E-state index in [1.807, 2.05) is 24.6 Å². The minimum absolute atomic E-state index is 0.179. The van der Waals surface area contributed by atoms with Crippen LogP contribution in [0.25, 0.3) is 0 Å². The lowest BCUT2D eigenvalue weighted by Crippen LogP contribution is -2.27. The zero-order valence-corrected chi connectivity index (χ0v) is 17.4. The van der Waals surface area contributed by atoms with Crippen LogP contribution in [0.2, 0.25) is 0 Å². The molecule has 2 aromatic rings. The standard InChI is InChI=1S/C19H27N5O3S/c1-4-24-14(2)18(12-22-24)11-21-19(25)17-8-16(9-20-10-17)7-15-5-6-23(13-15)28(3,26)27/h8-10,12,15H,4-7,11,13H2,1-3H3,(H,21,25). The van der Waals surface area contributed by atoms with Crippen LogP contribution < -0.4 is 5.32 Å². The molecule has 152 valence electrons. The number of nitrogens with zero attached hydrogens (tertiary/aromatic N) is 4. The van der Waals surface area contributed by atoms with Gasteiger partial charge in [-0.2, -0.15) is 5.10 Å². The molecular weight excluding hydrogens is 378 g/mol. The Bertz CT molecular complexity index is 954. The molecule has 0 radical (unpaired) electrons. The van der Waals surface area contributed by atoms with Crippen LogP contribution in [0, 0.1) is 12.8 Å². The Morgan fingerprint density at radius 3 is 2.75 bits per heavy atom. The summed E-state index contributed by atoms with van der Waals surface area (Å²) in [4.78, 5) is 16.7. The average molecular weight is 406 g/mol. The maximum atomic E-state index is 12.5. The van der Waals surface area contributed by atoms with Crippen molar-refractivity contribution in [2.75, 3.05) is 19.3 Å². The van der Waals surface area contributed by atoms with Gasteiger partial charge < -0.3 is 5.32 Å². The number of rotatable bonds is 7. The zero-order valence-electron chi connectivity index (χ0n) is 16.6. The molecule has 28 heavy (non-hydrogen) atoms. The summed E-state index contributed by atoms with van der Waals surface area (Å²) in [5, 5.41) is 7.21. The molecule has 9 heteroatoms. The van der Waals surface area contributed by atoms with Crippen LogP contribution in [0.5, 0.6) is 0 Å².